The molecule has 3 heteroatoms. The Morgan fingerprint density at radius 3 is 2.61 bits per heavy atom. The molecule has 1 atom stereocenters. The van der Waals surface area contributed by atoms with Crippen molar-refractivity contribution in [3.8, 4) is 11.5 Å². The van der Waals surface area contributed by atoms with E-state index < -0.39 is 0 Å². The van der Waals surface area contributed by atoms with E-state index in [0.717, 1.165) is 50.6 Å². The van der Waals surface area contributed by atoms with Crippen molar-refractivity contribution in [2.45, 2.75) is 38.2 Å². The minimum Gasteiger partial charge on any atom is -0.490 e. The number of benzene rings is 1. The number of hydrogen-bond donors (Lipinski definition) is 0. The summed E-state index contributed by atoms with van der Waals surface area (Å²) in [6.45, 7) is 4.60. The lowest BCUT2D eigenvalue weighted by molar-refractivity contribution is -0.137. The Balaban J connectivity index is 1.67. The quantitative estimate of drug-likeness (QED) is 0.823. The summed E-state index contributed by atoms with van der Waals surface area (Å²) >= 11 is 0. The van der Waals surface area contributed by atoms with Crippen LogP contribution in [0, 0.1) is 0 Å². The number of hydrogen-bond acceptors (Lipinski definition) is 3. The maximum Gasteiger partial charge on any atom is 0.161 e. The SMILES string of the molecule is CC1(CCc2ccc3c(c2)OCCCO3)CCO1. The zero-order chi connectivity index (χ0) is 12.4. The van der Waals surface area contributed by atoms with Crippen molar-refractivity contribution >= 4 is 0 Å². The van der Waals surface area contributed by atoms with Crippen molar-refractivity contribution < 1.29 is 14.2 Å². The molecule has 98 valence electrons. The number of fused-ring (bicyclic) bond motifs is 1. The molecule has 1 aromatic rings. The smallest absolute Gasteiger partial charge is 0.161 e. The van der Waals surface area contributed by atoms with Gasteiger partial charge in [-0.2, -0.15) is 0 Å². The molecular formula is C15H20O3. The third-order valence-electron chi connectivity index (χ3n) is 3.84. The van der Waals surface area contributed by atoms with E-state index in [0.29, 0.717) is 0 Å². The van der Waals surface area contributed by atoms with Gasteiger partial charge in [0.25, 0.3) is 0 Å². The highest BCUT2D eigenvalue weighted by molar-refractivity contribution is 5.43. The highest BCUT2D eigenvalue weighted by Gasteiger charge is 2.32. The normalized spacial score (nSPS) is 26.3. The Morgan fingerprint density at radius 2 is 1.89 bits per heavy atom. The van der Waals surface area contributed by atoms with Crippen LogP contribution in [0.4, 0.5) is 0 Å². The van der Waals surface area contributed by atoms with Crippen LogP contribution < -0.4 is 9.47 Å². The summed E-state index contributed by atoms with van der Waals surface area (Å²) in [5, 5.41) is 0. The van der Waals surface area contributed by atoms with Crippen LogP contribution in [0.1, 0.15) is 31.7 Å². The summed E-state index contributed by atoms with van der Waals surface area (Å²) < 4.78 is 17.0. The Hall–Kier alpha value is -1.22. The average Bonchev–Trinajstić information content (AvgIpc) is 2.58. The first kappa shape index (κ1) is 11.8. The topological polar surface area (TPSA) is 27.7 Å². The van der Waals surface area contributed by atoms with Gasteiger partial charge in [0, 0.05) is 6.42 Å². The summed E-state index contributed by atoms with van der Waals surface area (Å²) in [5.41, 5.74) is 1.40. The predicted molar refractivity (Wildman–Crippen MR) is 69.3 cm³/mol. The van der Waals surface area contributed by atoms with Crippen molar-refractivity contribution in [3.63, 3.8) is 0 Å². The van der Waals surface area contributed by atoms with Gasteiger partial charge in [-0.05, 0) is 43.9 Å². The Labute approximate surface area is 108 Å². The number of rotatable bonds is 3. The molecule has 1 fully saturated rings. The molecule has 18 heavy (non-hydrogen) atoms. The van der Waals surface area contributed by atoms with Crippen LogP contribution in [0.25, 0.3) is 0 Å². The van der Waals surface area contributed by atoms with Crippen LogP contribution in [-0.2, 0) is 11.2 Å². The van der Waals surface area contributed by atoms with Gasteiger partial charge in [-0.3, -0.25) is 0 Å². The average molecular weight is 248 g/mol. The summed E-state index contributed by atoms with van der Waals surface area (Å²) in [6.07, 6.45) is 4.24. The van der Waals surface area contributed by atoms with Crippen molar-refractivity contribution in [3.05, 3.63) is 23.8 Å². The fraction of sp³-hybridized carbons (Fsp3) is 0.600. The standard InChI is InChI=1S/C15H20O3/c1-15(7-10-18-15)6-5-12-3-4-13-14(11-12)17-9-2-8-16-13/h3-4,11H,2,5-10H2,1H3. The maximum absolute atomic E-state index is 5.71. The van der Waals surface area contributed by atoms with Gasteiger partial charge in [-0.25, -0.2) is 0 Å². The molecule has 0 spiro atoms. The van der Waals surface area contributed by atoms with E-state index in [-0.39, 0.29) is 5.60 Å². The Kier molecular flexibility index (Phi) is 3.16. The van der Waals surface area contributed by atoms with Gasteiger partial charge >= 0.3 is 0 Å². The van der Waals surface area contributed by atoms with Crippen LogP contribution in [0.2, 0.25) is 0 Å². The second kappa shape index (κ2) is 4.81. The first-order chi connectivity index (χ1) is 8.75. The van der Waals surface area contributed by atoms with Crippen LogP contribution in [0.3, 0.4) is 0 Å². The second-order valence-electron chi connectivity index (χ2n) is 5.38. The van der Waals surface area contributed by atoms with Crippen molar-refractivity contribution in [2.75, 3.05) is 19.8 Å². The van der Waals surface area contributed by atoms with Gasteiger partial charge in [0.2, 0.25) is 0 Å². The minimum absolute atomic E-state index is 0.101. The molecule has 0 amide bonds. The molecule has 2 aliphatic heterocycles. The summed E-state index contributed by atoms with van der Waals surface area (Å²) in [5.74, 6) is 1.77. The fourth-order valence-corrected chi connectivity index (χ4v) is 2.42. The lowest BCUT2D eigenvalue weighted by Gasteiger charge is -2.38. The first-order valence-electron chi connectivity index (χ1n) is 6.78. The summed E-state index contributed by atoms with van der Waals surface area (Å²) in [7, 11) is 0. The summed E-state index contributed by atoms with van der Waals surface area (Å²) in [4.78, 5) is 0. The van der Waals surface area contributed by atoms with E-state index >= 15 is 0 Å². The van der Waals surface area contributed by atoms with Gasteiger partial charge < -0.3 is 14.2 Å². The molecule has 1 aromatic carbocycles. The van der Waals surface area contributed by atoms with Crippen molar-refractivity contribution in [1.82, 2.24) is 0 Å². The molecule has 0 aliphatic carbocycles. The third-order valence-corrected chi connectivity index (χ3v) is 3.84. The largest absolute Gasteiger partial charge is 0.490 e. The molecular weight excluding hydrogens is 228 g/mol. The lowest BCUT2D eigenvalue weighted by atomic mass is 9.90. The molecule has 0 bridgehead atoms. The van der Waals surface area contributed by atoms with Crippen LogP contribution >= 0.6 is 0 Å². The van der Waals surface area contributed by atoms with Crippen LogP contribution in [-0.4, -0.2) is 25.4 Å². The van der Waals surface area contributed by atoms with E-state index in [1.807, 2.05) is 6.07 Å². The van der Waals surface area contributed by atoms with E-state index in [4.69, 9.17) is 14.2 Å². The third kappa shape index (κ3) is 2.46. The maximum atomic E-state index is 5.71. The van der Waals surface area contributed by atoms with Gasteiger partial charge in [-0.15, -0.1) is 0 Å². The molecule has 0 saturated carbocycles. The van der Waals surface area contributed by atoms with Crippen molar-refractivity contribution in [2.24, 2.45) is 0 Å². The van der Waals surface area contributed by atoms with E-state index in [2.05, 4.69) is 19.1 Å². The van der Waals surface area contributed by atoms with Crippen LogP contribution in [0.15, 0.2) is 18.2 Å². The molecule has 0 radical (unpaired) electrons. The molecule has 0 N–H and O–H groups in total. The predicted octanol–water partition coefficient (Wildman–Crippen LogP) is 2.96. The van der Waals surface area contributed by atoms with Crippen LogP contribution in [0.5, 0.6) is 11.5 Å². The van der Waals surface area contributed by atoms with E-state index in [9.17, 15) is 0 Å². The minimum atomic E-state index is 0.101. The van der Waals surface area contributed by atoms with E-state index in [1.54, 1.807) is 0 Å². The molecule has 1 saturated heterocycles. The highest BCUT2D eigenvalue weighted by Crippen LogP contribution is 2.34. The summed E-state index contributed by atoms with van der Waals surface area (Å²) in [6, 6.07) is 6.28. The van der Waals surface area contributed by atoms with Gasteiger partial charge in [-0.1, -0.05) is 6.07 Å². The molecule has 3 rings (SSSR count). The molecule has 2 heterocycles. The zero-order valence-electron chi connectivity index (χ0n) is 10.9. The van der Waals surface area contributed by atoms with E-state index in [1.165, 1.54) is 12.0 Å². The fourth-order valence-electron chi connectivity index (χ4n) is 2.42. The Morgan fingerprint density at radius 1 is 1.11 bits per heavy atom. The van der Waals surface area contributed by atoms with Gasteiger partial charge in [0.1, 0.15) is 0 Å². The molecule has 0 aromatic heterocycles. The molecule has 3 nitrogen and oxygen atoms in total. The first-order valence-corrected chi connectivity index (χ1v) is 6.78. The lowest BCUT2D eigenvalue weighted by Crippen LogP contribution is -2.40. The molecule has 1 unspecified atom stereocenters. The monoisotopic (exact) mass is 248 g/mol. The second-order valence-corrected chi connectivity index (χ2v) is 5.38. The van der Waals surface area contributed by atoms with Gasteiger partial charge in [0.05, 0.1) is 25.4 Å². The highest BCUT2D eigenvalue weighted by atomic mass is 16.5. The number of aryl methyl sites for hydroxylation is 1. The number of ether oxygens (including phenoxy) is 3. The zero-order valence-corrected chi connectivity index (χ0v) is 10.9. The molecule has 2 aliphatic rings. The Bertz CT molecular complexity index is 424. The van der Waals surface area contributed by atoms with Gasteiger partial charge in [0.15, 0.2) is 11.5 Å². The van der Waals surface area contributed by atoms with Crippen molar-refractivity contribution in [1.29, 1.82) is 0 Å².